The van der Waals surface area contributed by atoms with Crippen LogP contribution in [0.1, 0.15) is 50.1 Å². The third-order valence-corrected chi connectivity index (χ3v) is 7.49. The fourth-order valence-electron chi connectivity index (χ4n) is 3.55. The van der Waals surface area contributed by atoms with Gasteiger partial charge in [0.1, 0.15) is 0 Å². The number of nitrogens with one attached hydrogen (secondary N) is 1. The van der Waals surface area contributed by atoms with E-state index in [1.165, 1.54) is 22.3 Å². The van der Waals surface area contributed by atoms with Crippen LogP contribution < -0.4 is 5.32 Å². The molecule has 1 atom stereocenters. The Morgan fingerprint density at radius 3 is 2.93 bits per heavy atom. The molecule has 0 aliphatic heterocycles. The van der Waals surface area contributed by atoms with Crippen LogP contribution in [0.15, 0.2) is 29.8 Å². The minimum Gasteiger partial charge on any atom is -0.298 e. The first-order valence-corrected chi connectivity index (χ1v) is 11.5. The number of hydrogen-bond acceptors (Lipinski definition) is 4. The van der Waals surface area contributed by atoms with Gasteiger partial charge in [0, 0.05) is 32.8 Å². The van der Waals surface area contributed by atoms with Gasteiger partial charge in [-0.05, 0) is 54.5 Å². The fourth-order valence-corrected chi connectivity index (χ4v) is 5.81. The highest BCUT2D eigenvalue weighted by molar-refractivity contribution is 7.15. The lowest BCUT2D eigenvalue weighted by Crippen LogP contribution is -2.16. The van der Waals surface area contributed by atoms with Crippen LogP contribution >= 0.6 is 34.3 Å². The summed E-state index contributed by atoms with van der Waals surface area (Å²) in [6.45, 7) is 2.22. The van der Waals surface area contributed by atoms with Crippen LogP contribution in [0.25, 0.3) is 0 Å². The molecule has 4 rings (SSSR count). The van der Waals surface area contributed by atoms with E-state index in [4.69, 9.17) is 11.6 Å². The number of rotatable bonds is 4. The molecule has 0 spiro atoms. The smallest absolute Gasteiger partial charge is 0.298 e. The molecule has 1 aliphatic carbocycles. The van der Waals surface area contributed by atoms with E-state index in [2.05, 4.69) is 17.2 Å². The van der Waals surface area contributed by atoms with Gasteiger partial charge < -0.3 is 0 Å². The van der Waals surface area contributed by atoms with Crippen molar-refractivity contribution in [2.24, 2.45) is 5.92 Å². The molecule has 0 saturated heterocycles. The summed E-state index contributed by atoms with van der Waals surface area (Å²) in [5.74, 6) is 0.441. The minimum absolute atomic E-state index is 0.194. The van der Waals surface area contributed by atoms with E-state index >= 15 is 0 Å². The highest BCUT2D eigenvalue weighted by Crippen LogP contribution is 2.35. The topological polar surface area (TPSA) is 42.0 Å². The first-order chi connectivity index (χ1) is 14.2. The van der Waals surface area contributed by atoms with E-state index in [-0.39, 0.29) is 17.4 Å². The van der Waals surface area contributed by atoms with Gasteiger partial charge in [-0.1, -0.05) is 18.5 Å². The number of alkyl halides is 3. The molecule has 0 radical (unpaired) electrons. The van der Waals surface area contributed by atoms with Gasteiger partial charge in [-0.2, -0.15) is 13.2 Å². The first-order valence-electron chi connectivity index (χ1n) is 9.41. The Kier molecular flexibility index (Phi) is 5.92. The second-order valence-corrected chi connectivity index (χ2v) is 9.95. The third kappa shape index (κ3) is 4.55. The molecule has 1 aromatic carbocycles. The second kappa shape index (κ2) is 8.32. The van der Waals surface area contributed by atoms with Crippen LogP contribution in [0.3, 0.4) is 0 Å². The van der Waals surface area contributed by atoms with Crippen molar-refractivity contribution in [3.8, 4) is 0 Å². The molecule has 0 saturated carbocycles. The van der Waals surface area contributed by atoms with Gasteiger partial charge >= 0.3 is 6.18 Å². The van der Waals surface area contributed by atoms with Gasteiger partial charge in [-0.15, -0.1) is 22.7 Å². The lowest BCUT2D eigenvalue weighted by atomic mass is 9.88. The number of carbonyl (C=O) groups excluding carboxylic acids is 1. The van der Waals surface area contributed by atoms with Crippen molar-refractivity contribution < 1.29 is 18.0 Å². The number of aromatic nitrogens is 1. The molecule has 1 N–H and O–H groups in total. The predicted octanol–water partition coefficient (Wildman–Crippen LogP) is 6.84. The summed E-state index contributed by atoms with van der Waals surface area (Å²) in [6.07, 6.45) is 0.322. The van der Waals surface area contributed by atoms with Gasteiger partial charge in [-0.3, -0.25) is 10.1 Å². The quantitative estimate of drug-likeness (QED) is 0.453. The molecule has 2 heterocycles. The summed E-state index contributed by atoms with van der Waals surface area (Å²) in [5.41, 5.74) is 1.45. The second-order valence-electron chi connectivity index (χ2n) is 7.47. The van der Waals surface area contributed by atoms with Crippen LogP contribution in [-0.2, 0) is 25.4 Å². The highest BCUT2D eigenvalue weighted by Gasteiger charge is 2.31. The number of thiophene rings is 1. The van der Waals surface area contributed by atoms with E-state index in [0.717, 1.165) is 37.0 Å². The maximum absolute atomic E-state index is 13.0. The number of carbonyl (C=O) groups is 1. The minimum atomic E-state index is -4.43. The lowest BCUT2D eigenvalue weighted by molar-refractivity contribution is -0.137. The van der Waals surface area contributed by atoms with Crippen LogP contribution in [0.4, 0.5) is 18.3 Å². The van der Waals surface area contributed by atoms with Gasteiger partial charge in [0.15, 0.2) is 5.13 Å². The van der Waals surface area contributed by atoms with Gasteiger partial charge in [0.05, 0.1) is 11.1 Å². The summed E-state index contributed by atoms with van der Waals surface area (Å²) in [6, 6.07) is 3.27. The molecule has 0 bridgehead atoms. The number of hydrogen-bond donors (Lipinski definition) is 1. The zero-order valence-electron chi connectivity index (χ0n) is 16.0. The highest BCUT2D eigenvalue weighted by atomic mass is 35.5. The zero-order chi connectivity index (χ0) is 21.5. The van der Waals surface area contributed by atoms with Crippen LogP contribution in [0.5, 0.6) is 0 Å². The average molecular weight is 471 g/mol. The Morgan fingerprint density at radius 2 is 2.17 bits per heavy atom. The molecular weight excluding hydrogens is 453 g/mol. The summed E-state index contributed by atoms with van der Waals surface area (Å²) < 4.78 is 38.9. The van der Waals surface area contributed by atoms with Crippen molar-refractivity contribution in [3.63, 3.8) is 0 Å². The van der Waals surface area contributed by atoms with Crippen molar-refractivity contribution in [3.05, 3.63) is 66.8 Å². The maximum Gasteiger partial charge on any atom is 0.416 e. The predicted molar refractivity (Wildman–Crippen MR) is 115 cm³/mol. The van der Waals surface area contributed by atoms with Crippen LogP contribution in [0.2, 0.25) is 5.02 Å². The SMILES string of the molecule is C[C@@H]1CCc2c(C(=O)Nc3ncc(Cc4cc(C(F)(F)F)ccc4Cl)s3)csc2C1. The largest absolute Gasteiger partial charge is 0.416 e. The standard InChI is InChI=1S/C21H18ClF3N2OS2/c1-11-2-4-15-16(10-29-18(15)6-11)19(28)27-20-26-9-14(30-20)8-12-7-13(21(23,24)25)3-5-17(12)22/h3,5,7,9-11H,2,4,6,8H2,1H3,(H,26,27,28)/t11-/m1/s1. The Morgan fingerprint density at radius 1 is 1.37 bits per heavy atom. The molecule has 30 heavy (non-hydrogen) atoms. The third-order valence-electron chi connectivity index (χ3n) is 5.16. The van der Waals surface area contributed by atoms with E-state index in [9.17, 15) is 18.0 Å². The number of fused-ring (bicyclic) bond motifs is 1. The van der Waals surface area contributed by atoms with Crippen LogP contribution in [-0.4, -0.2) is 10.9 Å². The summed E-state index contributed by atoms with van der Waals surface area (Å²) in [7, 11) is 0. The van der Waals surface area contributed by atoms with Gasteiger partial charge in [0.2, 0.25) is 0 Å². The van der Waals surface area contributed by atoms with Gasteiger partial charge in [-0.25, -0.2) is 4.98 Å². The van der Waals surface area contributed by atoms with Gasteiger partial charge in [0.25, 0.3) is 5.91 Å². The van der Waals surface area contributed by atoms with E-state index in [0.29, 0.717) is 27.1 Å². The Balaban J connectivity index is 1.47. The molecule has 158 valence electrons. The Labute approximate surface area is 184 Å². The van der Waals surface area contributed by atoms with Crippen molar-refractivity contribution in [1.29, 1.82) is 0 Å². The van der Waals surface area contributed by atoms with Crippen molar-refractivity contribution >= 4 is 45.3 Å². The number of halogens is 4. The average Bonchev–Trinajstić information content (AvgIpc) is 3.29. The number of anilines is 1. The first kappa shape index (κ1) is 21.3. The molecule has 0 unspecified atom stereocenters. The van der Waals surface area contributed by atoms with Crippen LogP contribution in [0, 0.1) is 5.92 Å². The number of benzene rings is 1. The molecule has 2 aromatic heterocycles. The monoisotopic (exact) mass is 470 g/mol. The maximum atomic E-state index is 13.0. The lowest BCUT2D eigenvalue weighted by Gasteiger charge is -2.18. The molecule has 0 fully saturated rings. The summed E-state index contributed by atoms with van der Waals surface area (Å²) >= 11 is 8.94. The Bertz CT molecular complexity index is 1090. The van der Waals surface area contributed by atoms with E-state index in [1.54, 1.807) is 17.5 Å². The molecule has 3 aromatic rings. The number of nitrogens with zero attached hydrogens (tertiary/aromatic N) is 1. The van der Waals surface area contributed by atoms with Crippen molar-refractivity contribution in [2.45, 2.75) is 38.8 Å². The molecule has 3 nitrogen and oxygen atoms in total. The normalized spacial score (nSPS) is 16.4. The molecule has 9 heteroatoms. The van der Waals surface area contributed by atoms with Crippen molar-refractivity contribution in [1.82, 2.24) is 4.98 Å². The number of thiazole rings is 1. The molecule has 1 amide bonds. The Hall–Kier alpha value is -1.90. The number of amides is 1. The summed E-state index contributed by atoms with van der Waals surface area (Å²) in [4.78, 5) is 18.9. The summed E-state index contributed by atoms with van der Waals surface area (Å²) in [5, 5.41) is 5.41. The molecular formula is C21H18ClF3N2OS2. The van der Waals surface area contributed by atoms with Crippen molar-refractivity contribution in [2.75, 3.05) is 5.32 Å². The van der Waals surface area contributed by atoms with E-state index < -0.39 is 11.7 Å². The zero-order valence-corrected chi connectivity index (χ0v) is 18.4. The fraction of sp³-hybridized carbons (Fsp3) is 0.333. The molecule has 1 aliphatic rings. The van der Waals surface area contributed by atoms with E-state index in [1.807, 2.05) is 5.38 Å².